The highest BCUT2D eigenvalue weighted by atomic mass is 32.1. The maximum atomic E-state index is 14.2. The molecule has 1 atom stereocenters. The van der Waals surface area contributed by atoms with Crippen molar-refractivity contribution < 1.29 is 14.0 Å². The molecule has 0 aliphatic carbocycles. The molecule has 2 amide bonds. The molecule has 1 aromatic carbocycles. The summed E-state index contributed by atoms with van der Waals surface area (Å²) in [5, 5.41) is 3.05. The van der Waals surface area contributed by atoms with E-state index < -0.39 is 11.7 Å². The molecule has 0 saturated carbocycles. The minimum atomic E-state index is -0.584. The lowest BCUT2D eigenvalue weighted by Crippen LogP contribution is -2.28. The molecule has 0 spiro atoms. The number of amides is 2. The predicted molar refractivity (Wildman–Crippen MR) is 103 cm³/mol. The van der Waals surface area contributed by atoms with Crippen molar-refractivity contribution in [1.82, 2.24) is 14.3 Å². The molecule has 1 aliphatic rings. The Morgan fingerprint density at radius 1 is 1.36 bits per heavy atom. The number of benzene rings is 1. The van der Waals surface area contributed by atoms with Gasteiger partial charge in [0.2, 0.25) is 16.9 Å². The van der Waals surface area contributed by atoms with Gasteiger partial charge in [-0.25, -0.2) is 4.39 Å². The number of halogens is 1. The molecule has 4 rings (SSSR count). The van der Waals surface area contributed by atoms with Crippen molar-refractivity contribution in [3.05, 3.63) is 54.1 Å². The van der Waals surface area contributed by atoms with E-state index in [-0.39, 0.29) is 30.5 Å². The van der Waals surface area contributed by atoms with Gasteiger partial charge in [0.1, 0.15) is 5.82 Å². The minimum absolute atomic E-state index is 0.0212. The van der Waals surface area contributed by atoms with Gasteiger partial charge in [0.05, 0.1) is 11.6 Å². The number of anilines is 2. The summed E-state index contributed by atoms with van der Waals surface area (Å²) < 4.78 is 18.4. The van der Waals surface area contributed by atoms with Crippen LogP contribution in [0.1, 0.15) is 12.0 Å². The molecule has 28 heavy (non-hydrogen) atoms. The number of aryl methyl sites for hydroxylation is 1. The summed E-state index contributed by atoms with van der Waals surface area (Å²) in [7, 11) is 0. The second-order valence-corrected chi connectivity index (χ2v) is 7.27. The van der Waals surface area contributed by atoms with Gasteiger partial charge in [-0.1, -0.05) is 6.07 Å². The van der Waals surface area contributed by atoms with Crippen molar-refractivity contribution >= 4 is 34.2 Å². The first kappa shape index (κ1) is 18.2. The van der Waals surface area contributed by atoms with Crippen LogP contribution in [0.5, 0.6) is 0 Å². The Bertz CT molecular complexity index is 1040. The Morgan fingerprint density at radius 2 is 2.21 bits per heavy atom. The van der Waals surface area contributed by atoms with Crippen molar-refractivity contribution in [2.75, 3.05) is 16.8 Å². The molecule has 7 nitrogen and oxygen atoms in total. The number of carbonyl (C=O) groups excluding carboxylic acids is 2. The standard InChI is InChI=1S/C19H16FN5O2S/c1-11-4-5-15(14(20)7-11)25-10-13(8-16(25)26)18(27)23-19-22-17(24-28-19)12-3-2-6-21-9-12/h2-7,9,13H,8,10H2,1H3,(H,22,23,24,27)/t13-/m0/s1. The first-order valence-corrected chi connectivity index (χ1v) is 9.40. The molecular weight excluding hydrogens is 381 g/mol. The van der Waals surface area contributed by atoms with Crippen LogP contribution in [0.15, 0.2) is 42.7 Å². The van der Waals surface area contributed by atoms with Crippen LogP contribution in [0, 0.1) is 18.7 Å². The molecule has 3 heterocycles. The Morgan fingerprint density at radius 3 is 2.96 bits per heavy atom. The molecule has 0 unspecified atom stereocenters. The zero-order chi connectivity index (χ0) is 19.7. The quantitative estimate of drug-likeness (QED) is 0.731. The Labute approximate surface area is 164 Å². The van der Waals surface area contributed by atoms with Crippen molar-refractivity contribution in [1.29, 1.82) is 0 Å². The summed E-state index contributed by atoms with van der Waals surface area (Å²) >= 11 is 1.05. The zero-order valence-corrected chi connectivity index (χ0v) is 15.7. The molecule has 1 fully saturated rings. The maximum Gasteiger partial charge on any atom is 0.231 e. The van der Waals surface area contributed by atoms with Crippen LogP contribution in [0.3, 0.4) is 0 Å². The highest BCUT2D eigenvalue weighted by molar-refractivity contribution is 7.10. The maximum absolute atomic E-state index is 14.2. The second-order valence-electron chi connectivity index (χ2n) is 6.51. The van der Waals surface area contributed by atoms with Gasteiger partial charge in [-0.3, -0.25) is 14.6 Å². The second kappa shape index (κ2) is 7.43. The van der Waals surface area contributed by atoms with Crippen LogP contribution in [-0.4, -0.2) is 32.7 Å². The molecule has 142 valence electrons. The van der Waals surface area contributed by atoms with Gasteiger partial charge in [-0.05, 0) is 36.8 Å². The van der Waals surface area contributed by atoms with E-state index >= 15 is 0 Å². The molecule has 0 bridgehead atoms. The fourth-order valence-corrected chi connectivity index (χ4v) is 3.63. The van der Waals surface area contributed by atoms with Crippen molar-refractivity contribution in [3.63, 3.8) is 0 Å². The summed E-state index contributed by atoms with van der Waals surface area (Å²) in [5.74, 6) is -1.20. The summed E-state index contributed by atoms with van der Waals surface area (Å²) in [6.45, 7) is 1.90. The van der Waals surface area contributed by atoms with Gasteiger partial charge in [0.15, 0.2) is 5.82 Å². The third kappa shape index (κ3) is 3.61. The van der Waals surface area contributed by atoms with Crippen LogP contribution < -0.4 is 10.2 Å². The van der Waals surface area contributed by atoms with E-state index in [0.29, 0.717) is 11.0 Å². The highest BCUT2D eigenvalue weighted by Crippen LogP contribution is 2.29. The normalized spacial score (nSPS) is 16.4. The summed E-state index contributed by atoms with van der Waals surface area (Å²) in [4.78, 5) is 34.5. The number of aromatic nitrogens is 3. The van der Waals surface area contributed by atoms with Gasteiger partial charge in [-0.15, -0.1) is 0 Å². The fraction of sp³-hybridized carbons (Fsp3) is 0.211. The van der Waals surface area contributed by atoms with E-state index in [2.05, 4.69) is 19.7 Å². The summed E-state index contributed by atoms with van der Waals surface area (Å²) in [6, 6.07) is 8.27. The van der Waals surface area contributed by atoms with Gasteiger partial charge < -0.3 is 10.2 Å². The molecule has 1 N–H and O–H groups in total. The largest absolute Gasteiger partial charge is 0.309 e. The van der Waals surface area contributed by atoms with Gasteiger partial charge in [0.25, 0.3) is 0 Å². The van der Waals surface area contributed by atoms with Crippen molar-refractivity contribution in [2.24, 2.45) is 5.92 Å². The monoisotopic (exact) mass is 397 g/mol. The van der Waals surface area contributed by atoms with Gasteiger partial charge in [-0.2, -0.15) is 9.36 Å². The van der Waals surface area contributed by atoms with E-state index in [9.17, 15) is 14.0 Å². The molecule has 1 aliphatic heterocycles. The average molecular weight is 397 g/mol. The third-order valence-corrected chi connectivity index (χ3v) is 5.10. The van der Waals surface area contributed by atoms with Gasteiger partial charge in [0, 0.05) is 42.5 Å². The van der Waals surface area contributed by atoms with Crippen molar-refractivity contribution in [3.8, 4) is 11.4 Å². The minimum Gasteiger partial charge on any atom is -0.309 e. The van der Waals surface area contributed by atoms with E-state index in [1.807, 2.05) is 6.07 Å². The Balaban J connectivity index is 1.45. The molecule has 3 aromatic rings. The number of pyridine rings is 1. The van der Waals surface area contributed by atoms with Crippen LogP contribution >= 0.6 is 11.5 Å². The lowest BCUT2D eigenvalue weighted by atomic mass is 10.1. The predicted octanol–water partition coefficient (Wildman–Crippen LogP) is 3.04. The van der Waals surface area contributed by atoms with E-state index in [1.165, 1.54) is 11.0 Å². The molecule has 0 radical (unpaired) electrons. The van der Waals surface area contributed by atoms with E-state index in [0.717, 1.165) is 22.7 Å². The average Bonchev–Trinajstić information content (AvgIpc) is 3.29. The zero-order valence-electron chi connectivity index (χ0n) is 14.9. The smallest absolute Gasteiger partial charge is 0.231 e. The number of nitrogens with zero attached hydrogens (tertiary/aromatic N) is 4. The van der Waals surface area contributed by atoms with E-state index in [4.69, 9.17) is 0 Å². The lowest BCUT2D eigenvalue weighted by Gasteiger charge is -2.17. The van der Waals surface area contributed by atoms with E-state index in [1.54, 1.807) is 37.5 Å². The number of carbonyl (C=O) groups is 2. The van der Waals surface area contributed by atoms with Crippen LogP contribution in [-0.2, 0) is 9.59 Å². The molecule has 9 heteroatoms. The topological polar surface area (TPSA) is 88.1 Å². The molecular formula is C19H16FN5O2S. The van der Waals surface area contributed by atoms with Crippen LogP contribution in [0.2, 0.25) is 0 Å². The lowest BCUT2D eigenvalue weighted by molar-refractivity contribution is -0.122. The number of hydrogen-bond donors (Lipinski definition) is 1. The Kier molecular flexibility index (Phi) is 4.82. The van der Waals surface area contributed by atoms with Crippen molar-refractivity contribution in [2.45, 2.75) is 13.3 Å². The molecule has 2 aromatic heterocycles. The fourth-order valence-electron chi connectivity index (χ4n) is 3.04. The number of rotatable bonds is 4. The van der Waals surface area contributed by atoms with Crippen LogP contribution in [0.25, 0.3) is 11.4 Å². The first-order valence-electron chi connectivity index (χ1n) is 8.63. The number of hydrogen-bond acceptors (Lipinski definition) is 6. The first-order chi connectivity index (χ1) is 13.5. The summed E-state index contributed by atoms with van der Waals surface area (Å²) in [6.07, 6.45) is 3.31. The molecule has 1 saturated heterocycles. The Hall–Kier alpha value is -3.20. The highest BCUT2D eigenvalue weighted by Gasteiger charge is 2.36. The van der Waals surface area contributed by atoms with Gasteiger partial charge >= 0.3 is 0 Å². The third-order valence-electron chi connectivity index (χ3n) is 4.47. The number of nitrogens with one attached hydrogen (secondary N) is 1. The summed E-state index contributed by atoms with van der Waals surface area (Å²) in [5.41, 5.74) is 1.71. The van der Waals surface area contributed by atoms with Crippen LogP contribution in [0.4, 0.5) is 15.2 Å². The SMILES string of the molecule is Cc1ccc(N2C[C@@H](C(=O)Nc3nc(-c4cccnc4)ns3)CC2=O)c(F)c1.